The Morgan fingerprint density at radius 2 is 1.89 bits per heavy atom. The van der Waals surface area contributed by atoms with E-state index in [-0.39, 0.29) is 34.4 Å². The number of halogens is 2. The third-order valence-corrected chi connectivity index (χ3v) is 6.80. The third kappa shape index (κ3) is 8.05. The van der Waals surface area contributed by atoms with E-state index in [9.17, 15) is 9.90 Å². The average molecular weight is 717 g/mol. The number of carbonyl (C=O) groups excluding carboxylic acids is 1. The van der Waals surface area contributed by atoms with Crippen molar-refractivity contribution in [3.05, 3.63) is 89.0 Å². The molecule has 0 bridgehead atoms. The molecule has 3 heterocycles. The van der Waals surface area contributed by atoms with Gasteiger partial charge in [-0.25, -0.2) is 4.98 Å². The molecule has 10 heteroatoms. The zero-order chi connectivity index (χ0) is 24.8. The van der Waals surface area contributed by atoms with Crippen LogP contribution < -0.4 is 0 Å². The quantitative estimate of drug-likeness (QED) is 0.336. The van der Waals surface area contributed by atoms with Gasteiger partial charge < -0.3 is 24.0 Å². The topological polar surface area (TPSA) is 76.8 Å². The van der Waals surface area contributed by atoms with E-state index in [0.717, 1.165) is 31.5 Å². The van der Waals surface area contributed by atoms with Crippen LogP contribution in [-0.4, -0.2) is 45.2 Å². The van der Waals surface area contributed by atoms with E-state index < -0.39 is 5.79 Å². The van der Waals surface area contributed by atoms with Crippen molar-refractivity contribution in [3.8, 4) is 5.75 Å². The van der Waals surface area contributed by atoms with Crippen molar-refractivity contribution in [3.63, 3.8) is 0 Å². The number of ether oxygens (including phenoxy) is 2. The Morgan fingerprint density at radius 3 is 2.43 bits per heavy atom. The number of aromatic nitrogens is 2. The fourth-order valence-corrected chi connectivity index (χ4v) is 4.93. The molecule has 0 spiro atoms. The minimum Gasteiger partial charge on any atom is -0.520 e. The molecule has 37 heavy (non-hydrogen) atoms. The molecule has 200 valence electrons. The van der Waals surface area contributed by atoms with E-state index in [1.165, 1.54) is 5.56 Å². The molecule has 0 radical (unpaired) electrons. The number of imidazole rings is 1. The second-order valence-electron chi connectivity index (χ2n) is 8.58. The van der Waals surface area contributed by atoms with Gasteiger partial charge >= 0.3 is 0 Å². The Morgan fingerprint density at radius 1 is 1.19 bits per heavy atom. The Kier molecular flexibility index (Phi) is 12.1. The maximum atomic E-state index is 11.2. The second-order valence-corrected chi connectivity index (χ2v) is 9.42. The molecule has 2 aliphatic rings. The van der Waals surface area contributed by atoms with E-state index in [0.29, 0.717) is 34.9 Å². The van der Waals surface area contributed by atoms with Gasteiger partial charge in [-0.15, -0.1) is 0 Å². The number of hydrogen-bond acceptors (Lipinski definition) is 5. The minimum atomic E-state index is -0.928. The first-order valence-electron chi connectivity index (χ1n) is 11.5. The number of phenolic OH excluding ortho intramolecular Hbond substituents is 1. The van der Waals surface area contributed by atoms with Gasteiger partial charge in [-0.1, -0.05) is 55.4 Å². The second kappa shape index (κ2) is 14.3. The summed E-state index contributed by atoms with van der Waals surface area (Å²) in [6, 6.07) is 12.7. The molecule has 2 saturated heterocycles. The van der Waals surface area contributed by atoms with Crippen LogP contribution in [0, 0.1) is 6.61 Å². The summed E-state index contributed by atoms with van der Waals surface area (Å²) in [5.41, 5.74) is 2.02. The molecule has 0 unspecified atom stereocenters. The normalized spacial score (nSPS) is 19.3. The van der Waals surface area contributed by atoms with Crippen LogP contribution in [0.5, 0.6) is 5.75 Å². The zero-order valence-electron chi connectivity index (χ0n) is 19.8. The molecular formula is C27H32Cl2N3O4W-. The van der Waals surface area contributed by atoms with Crippen molar-refractivity contribution in [2.45, 2.75) is 45.4 Å². The average Bonchev–Trinajstić information content (AvgIpc) is 3.53. The van der Waals surface area contributed by atoms with Crippen molar-refractivity contribution in [2.75, 3.05) is 19.7 Å². The van der Waals surface area contributed by atoms with Gasteiger partial charge in [0.15, 0.2) is 5.79 Å². The van der Waals surface area contributed by atoms with Gasteiger partial charge in [0.1, 0.15) is 5.75 Å². The largest absolute Gasteiger partial charge is 0.520 e. The molecule has 2 aromatic carbocycles. The van der Waals surface area contributed by atoms with E-state index in [2.05, 4.69) is 4.98 Å². The molecular weight excluding hydrogens is 685 g/mol. The fourth-order valence-electron chi connectivity index (χ4n) is 4.37. The first-order chi connectivity index (χ1) is 16.9. The summed E-state index contributed by atoms with van der Waals surface area (Å²) in [6.45, 7) is 5.82. The molecule has 1 amide bonds. The number of benzene rings is 2. The maximum absolute atomic E-state index is 11.2. The number of hydrogen-bond donors (Lipinski definition) is 1. The van der Waals surface area contributed by atoms with Gasteiger partial charge in [0.25, 0.3) is 0 Å². The van der Waals surface area contributed by atoms with Crippen LogP contribution in [0.1, 0.15) is 44.2 Å². The summed E-state index contributed by atoms with van der Waals surface area (Å²) in [5.74, 6) is 0.0767. The van der Waals surface area contributed by atoms with E-state index >= 15 is 0 Å². The SMILES string of the molecule is C.CC(=O)N1CCC(c2ccc(O)cc2)CC1.Clc1ccc([C@@]2(Cn3ccnc3)O[CH-]CO2)c(Cl)c1.[W]. The number of phenols is 1. The maximum Gasteiger partial charge on any atom is 0.219 e. The van der Waals surface area contributed by atoms with Crippen LogP contribution in [0.4, 0.5) is 0 Å². The predicted octanol–water partition coefficient (Wildman–Crippen LogP) is 6.00. The Bertz CT molecular complexity index is 1120. The monoisotopic (exact) mass is 716 g/mol. The molecule has 1 N–H and O–H groups in total. The van der Waals surface area contributed by atoms with E-state index in [4.69, 9.17) is 32.7 Å². The molecule has 1 atom stereocenters. The summed E-state index contributed by atoms with van der Waals surface area (Å²) in [6.07, 6.45) is 7.29. The van der Waals surface area contributed by atoms with Crippen LogP contribution in [0.25, 0.3) is 0 Å². The van der Waals surface area contributed by atoms with E-state index in [1.54, 1.807) is 50.3 Å². The summed E-state index contributed by atoms with van der Waals surface area (Å²) in [7, 11) is 0. The van der Waals surface area contributed by atoms with Gasteiger partial charge in [-0.2, -0.15) is 6.61 Å². The number of rotatable bonds is 4. The van der Waals surface area contributed by atoms with Gasteiger partial charge in [0, 0.05) is 64.1 Å². The first-order valence-corrected chi connectivity index (χ1v) is 12.2. The third-order valence-electron chi connectivity index (χ3n) is 6.25. The van der Waals surface area contributed by atoms with Crippen LogP contribution in [0.3, 0.4) is 0 Å². The van der Waals surface area contributed by atoms with Gasteiger partial charge in [-0.3, -0.25) is 4.79 Å². The molecule has 2 fully saturated rings. The molecule has 0 aliphatic carbocycles. The Hall–Kier alpha value is -1.89. The summed E-state index contributed by atoms with van der Waals surface area (Å²) in [5, 5.41) is 10.3. The fraction of sp³-hybridized carbons (Fsp3) is 0.370. The van der Waals surface area contributed by atoms with Gasteiger partial charge in [0.05, 0.1) is 17.9 Å². The summed E-state index contributed by atoms with van der Waals surface area (Å²) >= 11 is 12.2. The summed E-state index contributed by atoms with van der Waals surface area (Å²) in [4.78, 5) is 17.1. The van der Waals surface area contributed by atoms with Crippen LogP contribution in [0.15, 0.2) is 61.2 Å². The van der Waals surface area contributed by atoms with Crippen molar-refractivity contribution in [1.29, 1.82) is 0 Å². The number of nitrogens with zero attached hydrogens (tertiary/aromatic N) is 3. The standard InChI is InChI=1S/C13H11Cl2N2O2.C13H17NO2.CH4.W/c14-10-1-2-11(12(15)7-10)13(18-5-6-19-13)8-17-4-3-16-9-17;1-10(15)14-8-6-12(7-9-14)11-2-4-13(16)5-3-11;;/h1-5,7,9H,6,8H2;2-5,12,16H,6-9H2,1H3;1H4;/q-1;;;/t13-;;;/m0.../s1. The van der Waals surface area contributed by atoms with Crippen LogP contribution in [-0.2, 0) is 47.7 Å². The zero-order valence-corrected chi connectivity index (χ0v) is 24.3. The predicted molar refractivity (Wildman–Crippen MR) is 141 cm³/mol. The number of piperidine rings is 1. The Balaban J connectivity index is 0.000000250. The van der Waals surface area contributed by atoms with Crippen molar-refractivity contribution < 1.29 is 40.4 Å². The number of aromatic hydroxyl groups is 1. The van der Waals surface area contributed by atoms with Crippen molar-refractivity contribution in [2.24, 2.45) is 0 Å². The summed E-state index contributed by atoms with van der Waals surface area (Å²) < 4.78 is 13.3. The number of likely N-dealkylation sites (tertiary alicyclic amines) is 1. The van der Waals surface area contributed by atoms with Crippen molar-refractivity contribution >= 4 is 29.1 Å². The molecule has 1 aromatic heterocycles. The first kappa shape index (κ1) is 31.3. The number of carbonyl (C=O) groups is 1. The number of amides is 1. The smallest absolute Gasteiger partial charge is 0.219 e. The Labute approximate surface area is 243 Å². The molecule has 5 rings (SSSR count). The molecule has 0 saturated carbocycles. The van der Waals surface area contributed by atoms with Gasteiger partial charge in [-0.05, 0) is 48.6 Å². The molecule has 3 aromatic rings. The van der Waals surface area contributed by atoms with Crippen molar-refractivity contribution in [1.82, 2.24) is 14.5 Å². The van der Waals surface area contributed by atoms with Crippen LogP contribution >= 0.6 is 23.2 Å². The van der Waals surface area contributed by atoms with E-state index in [1.807, 2.05) is 33.9 Å². The van der Waals surface area contributed by atoms with Gasteiger partial charge in [0.2, 0.25) is 5.91 Å². The molecule has 7 nitrogen and oxygen atoms in total. The van der Waals surface area contributed by atoms with Crippen LogP contribution in [0.2, 0.25) is 10.0 Å². The minimum absolute atomic E-state index is 0. The molecule has 2 aliphatic heterocycles.